The number of allylic oxidation sites excluding steroid dienone is 2. The highest BCUT2D eigenvalue weighted by Gasteiger charge is 2.02. The highest BCUT2D eigenvalue weighted by atomic mass is 16.5. The Hall–Kier alpha value is -0.790. The molecule has 2 nitrogen and oxygen atoms in total. The van der Waals surface area contributed by atoms with Gasteiger partial charge in [-0.1, -0.05) is 84.3 Å². The average Bonchev–Trinajstić information content (AvgIpc) is 2.62. The van der Waals surface area contributed by atoms with E-state index in [4.69, 9.17) is 4.74 Å². The van der Waals surface area contributed by atoms with Crippen LogP contribution in [0.4, 0.5) is 0 Å². The van der Waals surface area contributed by atoms with Crippen molar-refractivity contribution in [2.75, 3.05) is 6.61 Å². The lowest BCUT2D eigenvalue weighted by atomic mass is 10.1. The first-order valence-corrected chi connectivity index (χ1v) is 11.5. The van der Waals surface area contributed by atoms with Gasteiger partial charge in [-0.25, -0.2) is 0 Å². The molecule has 0 heterocycles. The second-order valence-corrected chi connectivity index (χ2v) is 8.09. The average molecular weight is 367 g/mol. The zero-order valence-electron chi connectivity index (χ0n) is 18.1. The summed E-state index contributed by atoms with van der Waals surface area (Å²) in [5.41, 5.74) is 0. The summed E-state index contributed by atoms with van der Waals surface area (Å²) < 4.78 is 5.26. The summed E-state index contributed by atoms with van der Waals surface area (Å²) in [5, 5.41) is 0. The summed E-state index contributed by atoms with van der Waals surface area (Å²) >= 11 is 0. The molecule has 0 aromatic heterocycles. The Kier molecular flexibility index (Phi) is 19.9. The zero-order chi connectivity index (χ0) is 19.3. The number of esters is 1. The Morgan fingerprint density at radius 3 is 1.88 bits per heavy atom. The molecule has 0 saturated carbocycles. The van der Waals surface area contributed by atoms with E-state index in [0.717, 1.165) is 25.7 Å². The minimum atomic E-state index is -0.00798. The van der Waals surface area contributed by atoms with Crippen molar-refractivity contribution in [2.24, 2.45) is 5.92 Å². The van der Waals surface area contributed by atoms with Gasteiger partial charge >= 0.3 is 5.97 Å². The maximum absolute atomic E-state index is 11.6. The van der Waals surface area contributed by atoms with Crippen molar-refractivity contribution in [3.8, 4) is 0 Å². The lowest BCUT2D eigenvalue weighted by Crippen LogP contribution is -2.06. The smallest absolute Gasteiger partial charge is 0.305 e. The van der Waals surface area contributed by atoms with Crippen molar-refractivity contribution in [2.45, 2.75) is 124 Å². The van der Waals surface area contributed by atoms with Crippen LogP contribution in [-0.4, -0.2) is 12.6 Å². The standard InChI is InChI=1S/C24H46O2/c1-4-5-6-7-8-9-10-11-12-13-14-15-16-17-18-21-24(25)26-22-19-20-23(2)3/h11-12,23H,4-10,13-22H2,1-3H3/b12-11-. The van der Waals surface area contributed by atoms with E-state index in [1.165, 1.54) is 70.6 Å². The molecule has 2 heteroatoms. The van der Waals surface area contributed by atoms with Crippen molar-refractivity contribution in [3.05, 3.63) is 12.2 Å². The van der Waals surface area contributed by atoms with Gasteiger partial charge in [-0.15, -0.1) is 0 Å². The Morgan fingerprint density at radius 2 is 1.31 bits per heavy atom. The Labute approximate surface area is 164 Å². The number of unbranched alkanes of at least 4 members (excludes halogenated alkanes) is 11. The highest BCUT2D eigenvalue weighted by molar-refractivity contribution is 5.69. The summed E-state index contributed by atoms with van der Waals surface area (Å²) in [7, 11) is 0. The Bertz CT molecular complexity index is 320. The van der Waals surface area contributed by atoms with Crippen LogP contribution in [0.25, 0.3) is 0 Å². The van der Waals surface area contributed by atoms with Gasteiger partial charge < -0.3 is 4.74 Å². The van der Waals surface area contributed by atoms with Crippen molar-refractivity contribution in [3.63, 3.8) is 0 Å². The van der Waals surface area contributed by atoms with Crippen molar-refractivity contribution in [1.82, 2.24) is 0 Å². The molecule has 0 saturated heterocycles. The first-order chi connectivity index (χ1) is 12.7. The largest absolute Gasteiger partial charge is 0.466 e. The van der Waals surface area contributed by atoms with Gasteiger partial charge in [0.25, 0.3) is 0 Å². The van der Waals surface area contributed by atoms with Crippen molar-refractivity contribution < 1.29 is 9.53 Å². The molecule has 0 radical (unpaired) electrons. The molecule has 0 aromatic rings. The lowest BCUT2D eigenvalue weighted by molar-refractivity contribution is -0.143. The van der Waals surface area contributed by atoms with Crippen LogP contribution < -0.4 is 0 Å². The maximum atomic E-state index is 11.6. The molecule has 0 unspecified atom stereocenters. The third-order valence-corrected chi connectivity index (χ3v) is 4.83. The summed E-state index contributed by atoms with van der Waals surface area (Å²) in [6, 6.07) is 0. The molecule has 154 valence electrons. The number of ether oxygens (including phenoxy) is 1. The number of hydrogen-bond acceptors (Lipinski definition) is 2. The fourth-order valence-electron chi connectivity index (χ4n) is 3.09. The predicted octanol–water partition coefficient (Wildman–Crippen LogP) is 8.00. The van der Waals surface area contributed by atoms with Gasteiger partial charge in [-0.2, -0.15) is 0 Å². The van der Waals surface area contributed by atoms with E-state index >= 15 is 0 Å². The molecule has 0 fully saturated rings. The summed E-state index contributed by atoms with van der Waals surface area (Å²) in [4.78, 5) is 11.6. The molecule has 0 aromatic carbocycles. The van der Waals surface area contributed by atoms with Crippen LogP contribution in [0.15, 0.2) is 12.2 Å². The van der Waals surface area contributed by atoms with Crippen LogP contribution in [0.1, 0.15) is 124 Å². The molecule has 0 aliphatic rings. The third kappa shape index (κ3) is 21.3. The van der Waals surface area contributed by atoms with Crippen LogP contribution in [-0.2, 0) is 9.53 Å². The van der Waals surface area contributed by atoms with Gasteiger partial charge in [0.05, 0.1) is 6.61 Å². The Balaban J connectivity index is 3.21. The van der Waals surface area contributed by atoms with Crippen LogP contribution in [0.5, 0.6) is 0 Å². The number of hydrogen-bond donors (Lipinski definition) is 0. The molecule has 0 rings (SSSR count). The second kappa shape index (κ2) is 20.5. The molecule has 0 bridgehead atoms. The van der Waals surface area contributed by atoms with E-state index in [-0.39, 0.29) is 5.97 Å². The van der Waals surface area contributed by atoms with Crippen LogP contribution in [0, 0.1) is 5.92 Å². The fraction of sp³-hybridized carbons (Fsp3) is 0.875. The minimum Gasteiger partial charge on any atom is -0.466 e. The predicted molar refractivity (Wildman–Crippen MR) is 114 cm³/mol. The quantitative estimate of drug-likeness (QED) is 0.131. The van der Waals surface area contributed by atoms with E-state index in [9.17, 15) is 4.79 Å². The third-order valence-electron chi connectivity index (χ3n) is 4.83. The molecule has 0 atom stereocenters. The maximum Gasteiger partial charge on any atom is 0.305 e. The highest BCUT2D eigenvalue weighted by Crippen LogP contribution is 2.10. The second-order valence-electron chi connectivity index (χ2n) is 8.09. The van der Waals surface area contributed by atoms with Gasteiger partial charge in [0.2, 0.25) is 0 Å². The van der Waals surface area contributed by atoms with E-state index in [2.05, 4.69) is 32.9 Å². The van der Waals surface area contributed by atoms with Gasteiger partial charge in [0.15, 0.2) is 0 Å². The van der Waals surface area contributed by atoms with E-state index < -0.39 is 0 Å². The lowest BCUT2D eigenvalue weighted by Gasteiger charge is -2.06. The van der Waals surface area contributed by atoms with Gasteiger partial charge in [0, 0.05) is 6.42 Å². The molecule has 26 heavy (non-hydrogen) atoms. The molecule has 0 aliphatic carbocycles. The van der Waals surface area contributed by atoms with E-state index in [1.807, 2.05) is 0 Å². The number of carbonyl (C=O) groups is 1. The minimum absolute atomic E-state index is 0.00798. The van der Waals surface area contributed by atoms with Crippen LogP contribution in [0.3, 0.4) is 0 Å². The molecule has 0 aliphatic heterocycles. The number of rotatable bonds is 19. The SMILES string of the molecule is CCCCCCCC/C=C\CCCCCCCC(=O)OCCCC(C)C. The molecular weight excluding hydrogens is 320 g/mol. The van der Waals surface area contributed by atoms with Crippen molar-refractivity contribution >= 4 is 5.97 Å². The summed E-state index contributed by atoms with van der Waals surface area (Å²) in [5.74, 6) is 0.686. The van der Waals surface area contributed by atoms with Crippen LogP contribution >= 0.6 is 0 Å². The monoisotopic (exact) mass is 366 g/mol. The molecule has 0 N–H and O–H groups in total. The zero-order valence-corrected chi connectivity index (χ0v) is 18.1. The van der Waals surface area contributed by atoms with E-state index in [1.54, 1.807) is 0 Å². The molecule has 0 spiro atoms. The number of carbonyl (C=O) groups excluding carboxylic acids is 1. The normalized spacial score (nSPS) is 11.5. The topological polar surface area (TPSA) is 26.3 Å². The van der Waals surface area contributed by atoms with Gasteiger partial charge in [-0.05, 0) is 50.9 Å². The van der Waals surface area contributed by atoms with Gasteiger partial charge in [-0.3, -0.25) is 4.79 Å². The first kappa shape index (κ1) is 25.2. The van der Waals surface area contributed by atoms with Crippen LogP contribution in [0.2, 0.25) is 0 Å². The Morgan fingerprint density at radius 1 is 0.769 bits per heavy atom. The molecular formula is C24H46O2. The molecule has 0 amide bonds. The first-order valence-electron chi connectivity index (χ1n) is 11.5. The van der Waals surface area contributed by atoms with Gasteiger partial charge in [0.1, 0.15) is 0 Å². The van der Waals surface area contributed by atoms with Crippen molar-refractivity contribution in [1.29, 1.82) is 0 Å². The summed E-state index contributed by atoms with van der Waals surface area (Å²) in [6.07, 6.45) is 24.2. The van der Waals surface area contributed by atoms with E-state index in [0.29, 0.717) is 18.9 Å². The fourth-order valence-corrected chi connectivity index (χ4v) is 3.09. The summed E-state index contributed by atoms with van der Waals surface area (Å²) in [6.45, 7) is 7.27.